The Morgan fingerprint density at radius 3 is 2.67 bits per heavy atom. The number of nitrogens with one attached hydrogen (secondary N) is 1. The van der Waals surface area contributed by atoms with Crippen molar-refractivity contribution in [1.29, 1.82) is 0 Å². The van der Waals surface area contributed by atoms with E-state index in [4.69, 9.17) is 5.84 Å². The Kier molecular flexibility index (Phi) is 3.43. The number of hydrogen-bond acceptors (Lipinski definition) is 5. The minimum absolute atomic E-state index is 0.353. The zero-order chi connectivity index (χ0) is 13.3. The van der Waals surface area contributed by atoms with Gasteiger partial charge in [0.1, 0.15) is 17.5 Å². The topological polar surface area (TPSA) is 67.1 Å². The molecule has 0 saturated carbocycles. The average Bonchev–Trinajstić information content (AvgIpc) is 2.77. The van der Waals surface area contributed by atoms with Gasteiger partial charge >= 0.3 is 0 Å². The van der Waals surface area contributed by atoms with Crippen LogP contribution in [0.15, 0.2) is 6.07 Å². The van der Waals surface area contributed by atoms with Gasteiger partial charge in [-0.05, 0) is 24.7 Å². The molecule has 5 heteroatoms. The maximum absolute atomic E-state index is 5.42. The lowest BCUT2D eigenvalue weighted by Gasteiger charge is -2.27. The van der Waals surface area contributed by atoms with E-state index >= 15 is 0 Å². The molecule has 1 atom stereocenters. The predicted molar refractivity (Wildman–Crippen MR) is 74.4 cm³/mol. The highest BCUT2D eigenvalue weighted by Crippen LogP contribution is 2.35. The third-order valence-electron chi connectivity index (χ3n) is 3.71. The van der Waals surface area contributed by atoms with E-state index in [9.17, 15) is 0 Å². The maximum atomic E-state index is 5.42. The van der Waals surface area contributed by atoms with Crippen LogP contribution in [0.25, 0.3) is 0 Å². The van der Waals surface area contributed by atoms with Gasteiger partial charge in [0, 0.05) is 19.2 Å². The summed E-state index contributed by atoms with van der Waals surface area (Å²) in [6.07, 6.45) is 1.22. The molecule has 1 aromatic rings. The van der Waals surface area contributed by atoms with E-state index in [0.717, 1.165) is 24.7 Å². The van der Waals surface area contributed by atoms with E-state index in [1.54, 1.807) is 0 Å². The number of anilines is 2. The van der Waals surface area contributed by atoms with Gasteiger partial charge in [-0.3, -0.25) is 0 Å². The summed E-state index contributed by atoms with van der Waals surface area (Å²) in [7, 11) is 0. The quantitative estimate of drug-likeness (QED) is 0.619. The molecule has 1 aromatic heterocycles. The second kappa shape index (κ2) is 4.72. The Labute approximate surface area is 109 Å². The molecule has 0 amide bonds. The van der Waals surface area contributed by atoms with Crippen LogP contribution >= 0.6 is 0 Å². The molecular formula is C13H23N5. The number of aromatic nitrogens is 2. The summed E-state index contributed by atoms with van der Waals surface area (Å²) in [5.41, 5.74) is 2.95. The molecule has 18 heavy (non-hydrogen) atoms. The van der Waals surface area contributed by atoms with Gasteiger partial charge in [0.05, 0.1) is 0 Å². The first-order chi connectivity index (χ1) is 8.40. The lowest BCUT2D eigenvalue weighted by molar-refractivity contribution is 0.263. The first kappa shape index (κ1) is 13.1. The largest absolute Gasteiger partial charge is 0.356 e. The lowest BCUT2D eigenvalue weighted by Crippen LogP contribution is -2.26. The highest BCUT2D eigenvalue weighted by Gasteiger charge is 2.32. The fourth-order valence-corrected chi connectivity index (χ4v) is 2.46. The van der Waals surface area contributed by atoms with E-state index in [1.165, 1.54) is 6.42 Å². The Morgan fingerprint density at radius 1 is 1.39 bits per heavy atom. The van der Waals surface area contributed by atoms with E-state index < -0.39 is 0 Å². The highest BCUT2D eigenvalue weighted by atomic mass is 15.3. The number of nitrogens with two attached hydrogens (primary N) is 1. The van der Waals surface area contributed by atoms with Crippen molar-refractivity contribution in [2.45, 2.75) is 34.1 Å². The van der Waals surface area contributed by atoms with Crippen LogP contribution in [0.3, 0.4) is 0 Å². The van der Waals surface area contributed by atoms with Crippen molar-refractivity contribution in [3.05, 3.63) is 11.9 Å². The van der Waals surface area contributed by atoms with Crippen LogP contribution in [0, 0.1) is 18.3 Å². The summed E-state index contributed by atoms with van der Waals surface area (Å²) >= 11 is 0. The van der Waals surface area contributed by atoms with Gasteiger partial charge in [0.15, 0.2) is 0 Å². The molecular weight excluding hydrogens is 226 g/mol. The summed E-state index contributed by atoms with van der Waals surface area (Å²) in [5.74, 6) is 8.54. The molecule has 0 spiro atoms. The SMILES string of the molecule is Cc1nc(NN)cc(N2CCC(C(C)(C)C)C2)n1. The summed E-state index contributed by atoms with van der Waals surface area (Å²) in [5, 5.41) is 0. The standard InChI is InChI=1S/C13H23N5/c1-9-15-11(17-14)7-12(16-9)18-6-5-10(8-18)13(2,3)4/h7,10H,5-6,8,14H2,1-4H3,(H,15,16,17). The molecule has 2 rings (SSSR count). The molecule has 0 aliphatic carbocycles. The van der Waals surface area contributed by atoms with Crippen molar-refractivity contribution in [3.63, 3.8) is 0 Å². The molecule has 0 aromatic carbocycles. The Balaban J connectivity index is 2.16. The number of aryl methyl sites for hydroxylation is 1. The smallest absolute Gasteiger partial charge is 0.145 e. The van der Waals surface area contributed by atoms with Crippen molar-refractivity contribution in [2.75, 3.05) is 23.4 Å². The molecule has 100 valence electrons. The summed E-state index contributed by atoms with van der Waals surface area (Å²) in [6.45, 7) is 10.9. The Morgan fingerprint density at radius 2 is 2.11 bits per heavy atom. The van der Waals surface area contributed by atoms with Gasteiger partial charge in [-0.1, -0.05) is 20.8 Å². The first-order valence-corrected chi connectivity index (χ1v) is 6.47. The van der Waals surface area contributed by atoms with E-state index in [1.807, 2.05) is 13.0 Å². The molecule has 5 nitrogen and oxygen atoms in total. The summed E-state index contributed by atoms with van der Waals surface area (Å²) < 4.78 is 0. The molecule has 2 heterocycles. The maximum Gasteiger partial charge on any atom is 0.145 e. The number of nitrogen functional groups attached to an aromatic ring is 1. The van der Waals surface area contributed by atoms with Crippen LogP contribution < -0.4 is 16.2 Å². The van der Waals surface area contributed by atoms with Crippen molar-refractivity contribution in [1.82, 2.24) is 9.97 Å². The second-order valence-corrected chi connectivity index (χ2v) is 6.10. The minimum Gasteiger partial charge on any atom is -0.356 e. The van der Waals surface area contributed by atoms with Crippen molar-refractivity contribution >= 4 is 11.6 Å². The number of nitrogens with zero attached hydrogens (tertiary/aromatic N) is 3. The third kappa shape index (κ3) is 2.72. The number of hydrazine groups is 1. The number of hydrogen-bond donors (Lipinski definition) is 2. The molecule has 1 aliphatic heterocycles. The third-order valence-corrected chi connectivity index (χ3v) is 3.71. The Hall–Kier alpha value is -1.36. The van der Waals surface area contributed by atoms with Crippen LogP contribution in [0.2, 0.25) is 0 Å². The Bertz CT molecular complexity index is 424. The zero-order valence-corrected chi connectivity index (χ0v) is 11.7. The molecule has 3 N–H and O–H groups in total. The fourth-order valence-electron chi connectivity index (χ4n) is 2.46. The molecule has 1 saturated heterocycles. The van der Waals surface area contributed by atoms with Gasteiger partial charge in [-0.25, -0.2) is 15.8 Å². The molecule has 1 unspecified atom stereocenters. The van der Waals surface area contributed by atoms with Crippen LogP contribution in [-0.2, 0) is 0 Å². The van der Waals surface area contributed by atoms with Gasteiger partial charge in [-0.2, -0.15) is 0 Å². The minimum atomic E-state index is 0.353. The monoisotopic (exact) mass is 249 g/mol. The van der Waals surface area contributed by atoms with Crippen LogP contribution in [0.4, 0.5) is 11.6 Å². The van der Waals surface area contributed by atoms with Crippen molar-refractivity contribution in [3.8, 4) is 0 Å². The van der Waals surface area contributed by atoms with Crippen LogP contribution in [0.5, 0.6) is 0 Å². The van der Waals surface area contributed by atoms with E-state index in [2.05, 4.69) is 41.1 Å². The van der Waals surface area contributed by atoms with Gasteiger partial charge in [0.25, 0.3) is 0 Å². The van der Waals surface area contributed by atoms with Crippen LogP contribution in [-0.4, -0.2) is 23.1 Å². The van der Waals surface area contributed by atoms with Gasteiger partial charge in [-0.15, -0.1) is 0 Å². The molecule has 1 aliphatic rings. The van der Waals surface area contributed by atoms with E-state index in [-0.39, 0.29) is 0 Å². The summed E-state index contributed by atoms with van der Waals surface area (Å²) in [6, 6.07) is 1.91. The van der Waals surface area contributed by atoms with Gasteiger partial charge < -0.3 is 10.3 Å². The second-order valence-electron chi connectivity index (χ2n) is 6.10. The average molecular weight is 249 g/mol. The molecule has 1 fully saturated rings. The fraction of sp³-hybridized carbons (Fsp3) is 0.692. The normalized spacial score (nSPS) is 20.3. The lowest BCUT2D eigenvalue weighted by atomic mass is 9.80. The zero-order valence-electron chi connectivity index (χ0n) is 11.7. The van der Waals surface area contributed by atoms with Crippen molar-refractivity contribution in [2.24, 2.45) is 17.2 Å². The first-order valence-electron chi connectivity index (χ1n) is 6.47. The van der Waals surface area contributed by atoms with Crippen LogP contribution in [0.1, 0.15) is 33.0 Å². The molecule has 0 radical (unpaired) electrons. The molecule has 0 bridgehead atoms. The van der Waals surface area contributed by atoms with E-state index in [0.29, 0.717) is 17.2 Å². The highest BCUT2D eigenvalue weighted by molar-refractivity contribution is 5.49. The summed E-state index contributed by atoms with van der Waals surface area (Å²) in [4.78, 5) is 11.0. The van der Waals surface area contributed by atoms with Gasteiger partial charge in [0.2, 0.25) is 0 Å². The van der Waals surface area contributed by atoms with Crippen molar-refractivity contribution < 1.29 is 0 Å². The number of rotatable bonds is 2. The predicted octanol–water partition coefficient (Wildman–Crippen LogP) is 1.94.